The number of methoxy groups -OCH3 is 1. The molecule has 48 heavy (non-hydrogen) atoms. The summed E-state index contributed by atoms with van der Waals surface area (Å²) in [5, 5.41) is 6.70. The summed E-state index contributed by atoms with van der Waals surface area (Å²) < 4.78 is 17.1. The smallest absolute Gasteiger partial charge is 0.247 e. The van der Waals surface area contributed by atoms with Crippen molar-refractivity contribution in [2.45, 2.75) is 69.8 Å². The van der Waals surface area contributed by atoms with Crippen LogP contribution in [-0.2, 0) is 38.7 Å². The van der Waals surface area contributed by atoms with E-state index < -0.39 is 6.04 Å². The number of nitrogens with zero attached hydrogens (tertiary/aromatic N) is 2. The van der Waals surface area contributed by atoms with Gasteiger partial charge in [0.15, 0.2) is 0 Å². The number of rotatable bonds is 16. The molecule has 1 saturated heterocycles. The molecule has 3 aromatic rings. The van der Waals surface area contributed by atoms with Gasteiger partial charge in [-0.3, -0.25) is 19.3 Å². The number of piperazine rings is 1. The van der Waals surface area contributed by atoms with Crippen LogP contribution in [0.15, 0.2) is 66.7 Å². The predicted molar refractivity (Wildman–Crippen MR) is 183 cm³/mol. The van der Waals surface area contributed by atoms with Gasteiger partial charge in [0.1, 0.15) is 17.5 Å². The average Bonchev–Trinajstić information content (AvgIpc) is 4.03. The first-order valence-corrected chi connectivity index (χ1v) is 17.1. The molecule has 3 fully saturated rings. The molecule has 6 rings (SSSR count). The Labute approximate surface area is 286 Å². The fraction of sp³-hybridized carbons (Fsp3) is 0.432. The third-order valence-corrected chi connectivity index (χ3v) is 9.14. The number of hydrogen-bond donors (Lipinski definition) is 2. The Morgan fingerprint density at radius 3 is 2.54 bits per heavy atom. The number of para-hydroxylation sites is 1. The first-order valence-electron chi connectivity index (χ1n) is 16.7. The molecular weight excluding hydrogens is 632 g/mol. The summed E-state index contributed by atoms with van der Waals surface area (Å²) in [6.07, 6.45) is 4.85. The van der Waals surface area contributed by atoms with Crippen LogP contribution < -0.4 is 25.0 Å². The molecular formula is C37H43ClN4O6. The lowest BCUT2D eigenvalue weighted by molar-refractivity contribution is -0.136. The maximum absolute atomic E-state index is 14.2. The van der Waals surface area contributed by atoms with Crippen LogP contribution in [0.2, 0.25) is 5.02 Å². The number of ether oxygens (including phenoxy) is 3. The largest absolute Gasteiger partial charge is 0.496 e. The van der Waals surface area contributed by atoms with Gasteiger partial charge in [-0.05, 0) is 73.2 Å². The second kappa shape index (κ2) is 15.9. The SMILES string of the molecule is COc1ccccc1COCCCOc1ccc(N2C(=O)CNC[C@@H]2C(=O)N(Cc2cc(CC(=O)NC3CC3)ccc2Cl)C2CC2)cc1. The zero-order chi connectivity index (χ0) is 33.5. The lowest BCUT2D eigenvalue weighted by Gasteiger charge is -2.38. The van der Waals surface area contributed by atoms with Crippen molar-refractivity contribution in [2.24, 2.45) is 0 Å². The minimum Gasteiger partial charge on any atom is -0.496 e. The van der Waals surface area contributed by atoms with Crippen molar-refractivity contribution in [2.75, 3.05) is 38.3 Å². The Kier molecular flexibility index (Phi) is 11.2. The van der Waals surface area contributed by atoms with Gasteiger partial charge in [0, 0.05) is 47.9 Å². The van der Waals surface area contributed by atoms with Crippen molar-refractivity contribution < 1.29 is 28.6 Å². The fourth-order valence-electron chi connectivity index (χ4n) is 5.95. The van der Waals surface area contributed by atoms with Crippen LogP contribution in [-0.4, -0.2) is 74.2 Å². The maximum atomic E-state index is 14.2. The topological polar surface area (TPSA) is 109 Å². The number of carbonyl (C=O) groups excluding carboxylic acids is 3. The van der Waals surface area contributed by atoms with E-state index in [1.165, 1.54) is 0 Å². The predicted octanol–water partition coefficient (Wildman–Crippen LogP) is 4.65. The number of anilines is 1. The lowest BCUT2D eigenvalue weighted by Crippen LogP contribution is -2.61. The Morgan fingerprint density at radius 2 is 1.79 bits per heavy atom. The Hall–Kier alpha value is -4.12. The summed E-state index contributed by atoms with van der Waals surface area (Å²) in [6.45, 7) is 2.29. The van der Waals surface area contributed by atoms with Crippen molar-refractivity contribution in [1.82, 2.24) is 15.5 Å². The number of halogens is 1. The van der Waals surface area contributed by atoms with E-state index in [1.54, 1.807) is 18.1 Å². The molecule has 3 amide bonds. The Balaban J connectivity index is 1.05. The molecule has 254 valence electrons. The van der Waals surface area contributed by atoms with Crippen LogP contribution in [0.4, 0.5) is 5.69 Å². The third kappa shape index (κ3) is 8.86. The van der Waals surface area contributed by atoms with Crippen molar-refractivity contribution in [3.63, 3.8) is 0 Å². The van der Waals surface area contributed by atoms with Gasteiger partial charge in [0.05, 0.1) is 39.9 Å². The van der Waals surface area contributed by atoms with Gasteiger partial charge in [0.2, 0.25) is 17.7 Å². The van der Waals surface area contributed by atoms with Gasteiger partial charge in [-0.2, -0.15) is 0 Å². The minimum absolute atomic E-state index is 0.00558. The highest BCUT2D eigenvalue weighted by atomic mass is 35.5. The molecule has 3 aromatic carbocycles. The minimum atomic E-state index is -0.703. The number of hydrogen-bond acceptors (Lipinski definition) is 7. The summed E-state index contributed by atoms with van der Waals surface area (Å²) in [6, 6.07) is 20.3. The highest BCUT2D eigenvalue weighted by Gasteiger charge is 2.41. The van der Waals surface area contributed by atoms with Gasteiger partial charge < -0.3 is 29.7 Å². The molecule has 3 aliphatic rings. The third-order valence-electron chi connectivity index (χ3n) is 8.77. The first-order chi connectivity index (χ1) is 23.4. The Morgan fingerprint density at radius 1 is 1.00 bits per heavy atom. The standard InChI is InChI=1S/C37H43ClN4O6/c1-46-34-6-3-2-5-26(34)24-47-17-4-18-48-31-14-12-30(13-15-31)42-33(21-39-22-36(42)44)37(45)41(29-10-11-29)23-27-19-25(7-16-32(27)38)20-35(43)40-28-8-9-28/h2-3,5-7,12-16,19,28-29,33,39H,4,8-11,17-18,20-24H2,1H3,(H,40,43)/t33-/m1/s1. The highest BCUT2D eigenvalue weighted by molar-refractivity contribution is 6.31. The van der Waals surface area contributed by atoms with Crippen molar-refractivity contribution >= 4 is 35.0 Å². The molecule has 0 aromatic heterocycles. The molecule has 2 saturated carbocycles. The van der Waals surface area contributed by atoms with E-state index in [-0.39, 0.29) is 36.7 Å². The monoisotopic (exact) mass is 674 g/mol. The van der Waals surface area contributed by atoms with E-state index in [1.807, 2.05) is 65.6 Å². The molecule has 0 spiro atoms. The average molecular weight is 675 g/mol. The van der Waals surface area contributed by atoms with E-state index in [4.69, 9.17) is 25.8 Å². The molecule has 10 nitrogen and oxygen atoms in total. The van der Waals surface area contributed by atoms with Gasteiger partial charge in [-0.1, -0.05) is 41.9 Å². The van der Waals surface area contributed by atoms with Gasteiger partial charge >= 0.3 is 0 Å². The molecule has 1 heterocycles. The van der Waals surface area contributed by atoms with Crippen molar-refractivity contribution in [3.05, 3.63) is 88.4 Å². The van der Waals surface area contributed by atoms with Gasteiger partial charge in [-0.15, -0.1) is 0 Å². The molecule has 1 aliphatic heterocycles. The summed E-state index contributed by atoms with van der Waals surface area (Å²) in [5.41, 5.74) is 3.29. The molecule has 2 aliphatic carbocycles. The summed E-state index contributed by atoms with van der Waals surface area (Å²) >= 11 is 6.61. The summed E-state index contributed by atoms with van der Waals surface area (Å²) in [4.78, 5) is 43.3. The zero-order valence-corrected chi connectivity index (χ0v) is 28.0. The van der Waals surface area contributed by atoms with Crippen LogP contribution >= 0.6 is 11.6 Å². The number of carbonyl (C=O) groups is 3. The quantitative estimate of drug-likeness (QED) is 0.213. The van der Waals surface area contributed by atoms with Crippen LogP contribution in [0.1, 0.15) is 48.8 Å². The van der Waals surface area contributed by atoms with E-state index in [2.05, 4.69) is 10.6 Å². The second-order valence-electron chi connectivity index (χ2n) is 12.6. The Bertz CT molecular complexity index is 1590. The molecule has 2 N–H and O–H groups in total. The van der Waals surface area contributed by atoms with Crippen molar-refractivity contribution in [3.8, 4) is 11.5 Å². The van der Waals surface area contributed by atoms with E-state index in [0.29, 0.717) is 61.8 Å². The molecule has 0 bridgehead atoms. The molecule has 0 radical (unpaired) electrons. The molecule has 11 heteroatoms. The van der Waals surface area contributed by atoms with Gasteiger partial charge in [0.25, 0.3) is 0 Å². The number of amides is 3. The van der Waals surface area contributed by atoms with E-state index >= 15 is 0 Å². The first kappa shape index (κ1) is 33.8. The van der Waals surface area contributed by atoms with Crippen LogP contribution in [0.5, 0.6) is 11.5 Å². The summed E-state index contributed by atoms with van der Waals surface area (Å²) in [5.74, 6) is 1.18. The van der Waals surface area contributed by atoms with Crippen molar-refractivity contribution in [1.29, 1.82) is 0 Å². The molecule has 1 atom stereocenters. The normalized spacial score (nSPS) is 17.6. The molecule has 0 unspecified atom stereocenters. The van der Waals surface area contributed by atoms with E-state index in [0.717, 1.165) is 48.1 Å². The van der Waals surface area contributed by atoms with Crippen LogP contribution in [0.25, 0.3) is 0 Å². The van der Waals surface area contributed by atoms with Crippen LogP contribution in [0.3, 0.4) is 0 Å². The fourth-order valence-corrected chi connectivity index (χ4v) is 6.12. The second-order valence-corrected chi connectivity index (χ2v) is 13.0. The van der Waals surface area contributed by atoms with Gasteiger partial charge in [-0.25, -0.2) is 0 Å². The van der Waals surface area contributed by atoms with E-state index in [9.17, 15) is 14.4 Å². The lowest BCUT2D eigenvalue weighted by atomic mass is 10.1. The summed E-state index contributed by atoms with van der Waals surface area (Å²) in [7, 11) is 1.65. The zero-order valence-electron chi connectivity index (χ0n) is 27.3. The van der Waals surface area contributed by atoms with Crippen LogP contribution in [0, 0.1) is 0 Å². The number of benzene rings is 3. The highest BCUT2D eigenvalue weighted by Crippen LogP contribution is 2.33. The number of nitrogens with one attached hydrogen (secondary N) is 2. The maximum Gasteiger partial charge on any atom is 0.247 e.